The summed E-state index contributed by atoms with van der Waals surface area (Å²) < 4.78 is 0. The van der Waals surface area contributed by atoms with E-state index in [1.165, 1.54) is 0 Å². The molecule has 0 aliphatic carbocycles. The molecule has 0 spiro atoms. The molecule has 2 rings (SSSR count). The van der Waals surface area contributed by atoms with E-state index in [0.29, 0.717) is 21.3 Å². The number of benzene rings is 1. The molecule has 0 fully saturated rings. The highest BCUT2D eigenvalue weighted by atomic mass is 35.5. The number of rotatable bonds is 3. The average molecular weight is 301 g/mol. The Balaban J connectivity index is 2.24. The van der Waals surface area contributed by atoms with E-state index in [9.17, 15) is 4.79 Å². The van der Waals surface area contributed by atoms with E-state index in [-0.39, 0.29) is 17.4 Å². The Bertz CT molecular complexity index is 599. The van der Waals surface area contributed by atoms with Gasteiger partial charge in [-0.2, -0.15) is 0 Å². The van der Waals surface area contributed by atoms with Crippen molar-refractivity contribution in [2.24, 2.45) is 0 Å². The molecular weight excluding hydrogens is 293 g/mol. The van der Waals surface area contributed by atoms with Gasteiger partial charge in [0.05, 0.1) is 5.02 Å². The van der Waals surface area contributed by atoms with E-state index in [1.54, 1.807) is 36.4 Å². The molecule has 2 nitrogen and oxygen atoms in total. The van der Waals surface area contributed by atoms with Gasteiger partial charge in [0.1, 0.15) is 10.3 Å². The zero-order chi connectivity index (χ0) is 13.1. The fourth-order valence-electron chi connectivity index (χ4n) is 1.53. The van der Waals surface area contributed by atoms with Crippen LogP contribution in [0, 0.1) is 0 Å². The van der Waals surface area contributed by atoms with Gasteiger partial charge in [-0.05, 0) is 23.8 Å². The van der Waals surface area contributed by atoms with E-state index >= 15 is 0 Å². The lowest BCUT2D eigenvalue weighted by atomic mass is 10.0. The minimum absolute atomic E-state index is 0.105. The van der Waals surface area contributed by atoms with Gasteiger partial charge in [0.15, 0.2) is 5.78 Å². The summed E-state index contributed by atoms with van der Waals surface area (Å²) in [6.45, 7) is 0. The van der Waals surface area contributed by atoms with Crippen LogP contribution in [0.15, 0.2) is 36.4 Å². The molecule has 0 bridgehead atoms. The van der Waals surface area contributed by atoms with E-state index in [4.69, 9.17) is 34.8 Å². The van der Waals surface area contributed by atoms with Gasteiger partial charge < -0.3 is 0 Å². The highest BCUT2D eigenvalue weighted by Gasteiger charge is 2.13. The van der Waals surface area contributed by atoms with Crippen molar-refractivity contribution in [2.75, 3.05) is 0 Å². The summed E-state index contributed by atoms with van der Waals surface area (Å²) >= 11 is 17.6. The van der Waals surface area contributed by atoms with Gasteiger partial charge in [0.2, 0.25) is 0 Å². The van der Waals surface area contributed by atoms with Crippen molar-refractivity contribution < 1.29 is 4.79 Å². The van der Waals surface area contributed by atoms with E-state index < -0.39 is 0 Å². The van der Waals surface area contributed by atoms with Crippen molar-refractivity contribution in [3.05, 3.63) is 62.9 Å². The molecule has 5 heteroatoms. The molecule has 92 valence electrons. The number of pyridine rings is 1. The molecule has 0 unspecified atom stereocenters. The summed E-state index contributed by atoms with van der Waals surface area (Å²) in [7, 11) is 0. The molecule has 18 heavy (non-hydrogen) atoms. The van der Waals surface area contributed by atoms with Gasteiger partial charge in [-0.3, -0.25) is 4.79 Å². The van der Waals surface area contributed by atoms with Crippen LogP contribution in [0.2, 0.25) is 15.3 Å². The third-order valence-corrected chi connectivity index (χ3v) is 3.28. The van der Waals surface area contributed by atoms with Crippen molar-refractivity contribution in [3.63, 3.8) is 0 Å². The quantitative estimate of drug-likeness (QED) is 0.618. The van der Waals surface area contributed by atoms with Crippen LogP contribution >= 0.6 is 34.8 Å². The van der Waals surface area contributed by atoms with Crippen LogP contribution in [0.5, 0.6) is 0 Å². The van der Waals surface area contributed by atoms with Crippen LogP contribution in [-0.4, -0.2) is 10.8 Å². The zero-order valence-electron chi connectivity index (χ0n) is 9.16. The molecule has 0 amide bonds. The minimum atomic E-state index is -0.105. The molecule has 1 heterocycles. The maximum absolute atomic E-state index is 12.1. The lowest BCUT2D eigenvalue weighted by Gasteiger charge is -2.05. The number of carbonyl (C=O) groups excluding carboxylic acids is 1. The van der Waals surface area contributed by atoms with Crippen LogP contribution in [0.25, 0.3) is 0 Å². The van der Waals surface area contributed by atoms with Crippen molar-refractivity contribution in [1.82, 2.24) is 4.98 Å². The number of nitrogens with zero attached hydrogens (tertiary/aromatic N) is 1. The Labute approximate surface area is 120 Å². The first kappa shape index (κ1) is 13.3. The van der Waals surface area contributed by atoms with Gasteiger partial charge in [0, 0.05) is 12.0 Å². The number of ketones is 1. The SMILES string of the molecule is O=C(Cc1ccc(Cl)nc1Cl)c1ccccc1Cl. The summed E-state index contributed by atoms with van der Waals surface area (Å²) in [6.07, 6.45) is 0.146. The summed E-state index contributed by atoms with van der Waals surface area (Å²) in [5.41, 5.74) is 1.11. The van der Waals surface area contributed by atoms with Gasteiger partial charge in [-0.15, -0.1) is 0 Å². The second kappa shape index (κ2) is 5.70. The van der Waals surface area contributed by atoms with Crippen LogP contribution in [0.3, 0.4) is 0 Å². The summed E-state index contributed by atoms with van der Waals surface area (Å²) in [5, 5.41) is 0.970. The summed E-state index contributed by atoms with van der Waals surface area (Å²) in [5.74, 6) is -0.105. The second-order valence-electron chi connectivity index (χ2n) is 3.66. The first-order chi connectivity index (χ1) is 8.58. The van der Waals surface area contributed by atoms with Crippen molar-refractivity contribution in [1.29, 1.82) is 0 Å². The van der Waals surface area contributed by atoms with Crippen LogP contribution in [-0.2, 0) is 6.42 Å². The third-order valence-electron chi connectivity index (χ3n) is 2.42. The number of halogens is 3. The van der Waals surface area contributed by atoms with Gasteiger partial charge >= 0.3 is 0 Å². The number of hydrogen-bond donors (Lipinski definition) is 0. The normalized spacial score (nSPS) is 10.4. The lowest BCUT2D eigenvalue weighted by molar-refractivity contribution is 0.0993. The first-order valence-electron chi connectivity index (χ1n) is 5.16. The number of Topliss-reactive ketones (excluding diaryl/α,β-unsaturated/α-hetero) is 1. The monoisotopic (exact) mass is 299 g/mol. The maximum atomic E-state index is 12.1. The van der Waals surface area contributed by atoms with Gasteiger partial charge in [-0.25, -0.2) is 4.98 Å². The fourth-order valence-corrected chi connectivity index (χ4v) is 2.18. The smallest absolute Gasteiger partial charge is 0.168 e. The van der Waals surface area contributed by atoms with E-state index in [0.717, 1.165) is 0 Å². The van der Waals surface area contributed by atoms with Gasteiger partial charge in [-0.1, -0.05) is 53.0 Å². The maximum Gasteiger partial charge on any atom is 0.168 e. The Morgan fingerprint density at radius 3 is 2.44 bits per heavy atom. The Morgan fingerprint density at radius 2 is 1.78 bits per heavy atom. The van der Waals surface area contributed by atoms with Crippen LogP contribution < -0.4 is 0 Å². The molecule has 0 aliphatic rings. The van der Waals surface area contributed by atoms with Crippen molar-refractivity contribution in [2.45, 2.75) is 6.42 Å². The van der Waals surface area contributed by atoms with E-state index in [2.05, 4.69) is 4.98 Å². The Hall–Kier alpha value is -1.09. The molecular formula is C13H8Cl3NO. The molecule has 1 aromatic carbocycles. The summed E-state index contributed by atoms with van der Waals surface area (Å²) in [6, 6.07) is 10.2. The lowest BCUT2D eigenvalue weighted by Crippen LogP contribution is -2.05. The van der Waals surface area contributed by atoms with Crippen molar-refractivity contribution in [3.8, 4) is 0 Å². The molecule has 0 radical (unpaired) electrons. The molecule has 0 saturated heterocycles. The highest BCUT2D eigenvalue weighted by Crippen LogP contribution is 2.21. The highest BCUT2D eigenvalue weighted by molar-refractivity contribution is 6.34. The molecule has 0 N–H and O–H groups in total. The standard InChI is InChI=1S/C13H8Cl3NO/c14-10-4-2-1-3-9(10)11(18)7-8-5-6-12(15)17-13(8)16/h1-6H,7H2. The molecule has 0 aliphatic heterocycles. The van der Waals surface area contributed by atoms with Crippen LogP contribution in [0.1, 0.15) is 15.9 Å². The Kier molecular flexibility index (Phi) is 4.23. The number of aromatic nitrogens is 1. The minimum Gasteiger partial charge on any atom is -0.294 e. The largest absolute Gasteiger partial charge is 0.294 e. The zero-order valence-corrected chi connectivity index (χ0v) is 11.4. The molecule has 0 saturated carbocycles. The van der Waals surface area contributed by atoms with Crippen LogP contribution in [0.4, 0.5) is 0 Å². The second-order valence-corrected chi connectivity index (χ2v) is 4.82. The molecule has 0 atom stereocenters. The predicted octanol–water partition coefficient (Wildman–Crippen LogP) is 4.47. The van der Waals surface area contributed by atoms with E-state index in [1.807, 2.05) is 0 Å². The summed E-state index contributed by atoms with van der Waals surface area (Å²) in [4.78, 5) is 16.0. The fraction of sp³-hybridized carbons (Fsp3) is 0.0769. The molecule has 1 aromatic heterocycles. The van der Waals surface area contributed by atoms with Crippen molar-refractivity contribution >= 4 is 40.6 Å². The first-order valence-corrected chi connectivity index (χ1v) is 6.30. The number of hydrogen-bond acceptors (Lipinski definition) is 2. The van der Waals surface area contributed by atoms with Gasteiger partial charge in [0.25, 0.3) is 0 Å². The predicted molar refractivity (Wildman–Crippen MR) is 73.7 cm³/mol. The third kappa shape index (κ3) is 3.02. The topological polar surface area (TPSA) is 30.0 Å². The Morgan fingerprint density at radius 1 is 1.06 bits per heavy atom. The molecule has 2 aromatic rings. The number of carbonyl (C=O) groups is 1. The average Bonchev–Trinajstić information content (AvgIpc) is 2.33.